The van der Waals surface area contributed by atoms with Gasteiger partial charge in [-0.3, -0.25) is 4.79 Å². The maximum atomic E-state index is 14.1. The molecule has 1 unspecified atom stereocenters. The summed E-state index contributed by atoms with van der Waals surface area (Å²) in [4.78, 5) is 16.8. The van der Waals surface area contributed by atoms with Gasteiger partial charge in [0, 0.05) is 56.8 Å². The highest BCUT2D eigenvalue weighted by Gasteiger charge is 2.56. The lowest BCUT2D eigenvalue weighted by Crippen LogP contribution is -2.51. The van der Waals surface area contributed by atoms with Gasteiger partial charge in [-0.1, -0.05) is 48.0 Å². The zero-order chi connectivity index (χ0) is 30.3. The highest BCUT2D eigenvalue weighted by Crippen LogP contribution is 2.47. The summed E-state index contributed by atoms with van der Waals surface area (Å²) in [5, 5.41) is 12.8. The maximum Gasteiger partial charge on any atom is 0.417 e. The standard InChI is InChI=1S/C23H23BrF3NO2.C9H8N2O/c1-21(2,18-11-16(24)9-15-7-8-30-20(15)18)13-22(29,23(25,26)27)12-17-10-14-5-3-4-6-19(14)28-17;10-9(12)7-1-2-8-6(5-7)3-4-11-8/h3-6,9-11,28-29H,7-8,12-13H2,1-2H3;1-5,11H,(H2,10,12). The number of primary amides is 1. The Labute approximate surface area is 249 Å². The number of carbonyl (C=O) groups is 1. The Hall–Kier alpha value is -3.76. The topological polar surface area (TPSA) is 104 Å². The molecule has 1 amide bonds. The van der Waals surface area contributed by atoms with Crippen molar-refractivity contribution in [3.63, 3.8) is 0 Å². The van der Waals surface area contributed by atoms with E-state index in [0.29, 0.717) is 29.2 Å². The molecule has 1 atom stereocenters. The lowest BCUT2D eigenvalue weighted by atomic mass is 9.73. The third-order valence-electron chi connectivity index (χ3n) is 7.65. The van der Waals surface area contributed by atoms with Crippen LogP contribution in [0.15, 0.2) is 77.4 Å². The highest BCUT2D eigenvalue weighted by molar-refractivity contribution is 9.10. The molecular formula is C32H31BrF3N3O3. The van der Waals surface area contributed by atoms with E-state index in [-0.39, 0.29) is 0 Å². The normalized spacial score (nSPS) is 14.6. The molecule has 0 saturated carbocycles. The average molecular weight is 643 g/mol. The van der Waals surface area contributed by atoms with Crippen LogP contribution in [-0.2, 0) is 18.3 Å². The van der Waals surface area contributed by atoms with Crippen LogP contribution in [0.2, 0.25) is 0 Å². The van der Waals surface area contributed by atoms with Gasteiger partial charge in [-0.05, 0) is 71.3 Å². The number of aromatic amines is 2. The Morgan fingerprint density at radius 3 is 2.48 bits per heavy atom. The van der Waals surface area contributed by atoms with Crippen molar-refractivity contribution in [3.8, 4) is 5.75 Å². The number of fused-ring (bicyclic) bond motifs is 3. The quantitative estimate of drug-likeness (QED) is 0.156. The van der Waals surface area contributed by atoms with E-state index in [1.165, 1.54) is 0 Å². The van der Waals surface area contributed by atoms with E-state index in [1.807, 2.05) is 42.6 Å². The van der Waals surface area contributed by atoms with Crippen LogP contribution in [0.3, 0.4) is 0 Å². The zero-order valence-corrected chi connectivity index (χ0v) is 24.7. The number of benzene rings is 3. The molecule has 0 spiro atoms. The molecule has 6 rings (SSSR count). The summed E-state index contributed by atoms with van der Waals surface area (Å²) in [6, 6.07) is 19.9. The second-order valence-electron chi connectivity index (χ2n) is 11.3. The second-order valence-corrected chi connectivity index (χ2v) is 12.2. The second kappa shape index (κ2) is 11.1. The number of nitrogens with one attached hydrogen (secondary N) is 2. The SMILES string of the molecule is CC(C)(CC(O)(Cc1cc2ccccc2[nH]1)C(F)(F)F)c1cc(Br)cc2c1OCC2.NC(=O)c1ccc2[nH]ccc2c1. The first-order valence-corrected chi connectivity index (χ1v) is 14.2. The van der Waals surface area contributed by atoms with Crippen LogP contribution in [0.25, 0.3) is 21.8 Å². The fourth-order valence-corrected chi connectivity index (χ4v) is 6.12. The van der Waals surface area contributed by atoms with Gasteiger partial charge in [0.1, 0.15) is 5.75 Å². The number of nitrogens with two attached hydrogens (primary N) is 1. The van der Waals surface area contributed by atoms with Crippen molar-refractivity contribution in [2.45, 2.75) is 50.3 Å². The number of rotatable bonds is 6. The minimum Gasteiger partial charge on any atom is -0.493 e. The fourth-order valence-electron chi connectivity index (χ4n) is 5.61. The number of aliphatic hydroxyl groups is 1. The van der Waals surface area contributed by atoms with Crippen molar-refractivity contribution in [2.24, 2.45) is 5.73 Å². The first-order chi connectivity index (χ1) is 19.8. The van der Waals surface area contributed by atoms with E-state index < -0.39 is 35.9 Å². The average Bonchev–Trinajstić information content (AvgIpc) is 3.65. The fraction of sp³-hybridized carbons (Fsp3) is 0.281. The van der Waals surface area contributed by atoms with Gasteiger partial charge in [-0.25, -0.2) is 0 Å². The molecule has 3 aromatic carbocycles. The predicted molar refractivity (Wildman–Crippen MR) is 161 cm³/mol. The molecule has 1 aliphatic rings. The van der Waals surface area contributed by atoms with Gasteiger partial charge in [-0.2, -0.15) is 13.2 Å². The third-order valence-corrected chi connectivity index (χ3v) is 8.10. The molecule has 10 heteroatoms. The van der Waals surface area contributed by atoms with Gasteiger partial charge in [-0.15, -0.1) is 0 Å². The van der Waals surface area contributed by atoms with Gasteiger partial charge in [0.05, 0.1) is 6.61 Å². The molecule has 220 valence electrons. The predicted octanol–water partition coefficient (Wildman–Crippen LogP) is 7.34. The number of alkyl halides is 3. The first-order valence-electron chi connectivity index (χ1n) is 13.4. The molecule has 42 heavy (non-hydrogen) atoms. The van der Waals surface area contributed by atoms with Crippen LogP contribution >= 0.6 is 15.9 Å². The highest BCUT2D eigenvalue weighted by atomic mass is 79.9. The van der Waals surface area contributed by atoms with Gasteiger partial charge < -0.3 is 25.5 Å². The third kappa shape index (κ3) is 6.05. The summed E-state index contributed by atoms with van der Waals surface area (Å²) < 4.78 is 49.0. The number of aromatic nitrogens is 2. The number of carbonyl (C=O) groups excluding carboxylic acids is 1. The summed E-state index contributed by atoms with van der Waals surface area (Å²) in [7, 11) is 0. The number of H-pyrrole nitrogens is 2. The number of ether oxygens (including phenoxy) is 1. The zero-order valence-electron chi connectivity index (χ0n) is 23.1. The molecule has 3 heterocycles. The molecule has 2 aromatic heterocycles. The van der Waals surface area contributed by atoms with Crippen LogP contribution in [0, 0.1) is 0 Å². The van der Waals surface area contributed by atoms with Crippen LogP contribution in [0.5, 0.6) is 5.75 Å². The molecular weight excluding hydrogens is 611 g/mol. The molecule has 5 aromatic rings. The van der Waals surface area contributed by atoms with Crippen LogP contribution in [-0.4, -0.2) is 39.4 Å². The minimum atomic E-state index is -4.79. The van der Waals surface area contributed by atoms with E-state index in [9.17, 15) is 23.1 Å². The molecule has 5 N–H and O–H groups in total. The Morgan fingerprint density at radius 2 is 1.76 bits per heavy atom. The molecule has 6 nitrogen and oxygen atoms in total. The first kappa shape index (κ1) is 29.7. The van der Waals surface area contributed by atoms with Gasteiger partial charge in [0.15, 0.2) is 5.60 Å². The van der Waals surface area contributed by atoms with E-state index >= 15 is 0 Å². The van der Waals surface area contributed by atoms with Crippen molar-refractivity contribution < 1.29 is 27.8 Å². The number of hydrogen-bond acceptors (Lipinski definition) is 3. The van der Waals surface area contributed by atoms with E-state index in [4.69, 9.17) is 10.5 Å². The summed E-state index contributed by atoms with van der Waals surface area (Å²) in [6.45, 7) is 3.95. The molecule has 0 fully saturated rings. The number of para-hydroxylation sites is 1. The van der Waals surface area contributed by atoms with Gasteiger partial charge in [0.25, 0.3) is 0 Å². The lowest BCUT2D eigenvalue weighted by Gasteiger charge is -2.38. The van der Waals surface area contributed by atoms with E-state index in [0.717, 1.165) is 38.3 Å². The van der Waals surface area contributed by atoms with E-state index in [2.05, 4.69) is 25.9 Å². The van der Waals surface area contributed by atoms with Crippen LogP contribution in [0.1, 0.15) is 47.4 Å². The Morgan fingerprint density at radius 1 is 1.02 bits per heavy atom. The number of amides is 1. The molecule has 0 saturated heterocycles. The van der Waals surface area contributed by atoms with Crippen molar-refractivity contribution in [2.75, 3.05) is 6.61 Å². The molecule has 0 bridgehead atoms. The molecule has 0 radical (unpaired) electrons. The van der Waals surface area contributed by atoms with Crippen molar-refractivity contribution >= 4 is 43.6 Å². The van der Waals surface area contributed by atoms with Crippen molar-refractivity contribution in [3.05, 3.63) is 99.8 Å². The van der Waals surface area contributed by atoms with Crippen LogP contribution in [0.4, 0.5) is 13.2 Å². The smallest absolute Gasteiger partial charge is 0.417 e. The van der Waals surface area contributed by atoms with E-state index in [1.54, 1.807) is 44.2 Å². The lowest BCUT2D eigenvalue weighted by molar-refractivity contribution is -0.266. The summed E-state index contributed by atoms with van der Waals surface area (Å²) in [6.07, 6.45) is -3.29. The molecule has 1 aliphatic heterocycles. The number of halogens is 4. The van der Waals surface area contributed by atoms with Gasteiger partial charge in [0.2, 0.25) is 5.91 Å². The summed E-state index contributed by atoms with van der Waals surface area (Å²) >= 11 is 3.46. The minimum absolute atomic E-state index is 0.350. The summed E-state index contributed by atoms with van der Waals surface area (Å²) in [5.41, 5.74) is 5.54. The monoisotopic (exact) mass is 641 g/mol. The Balaban J connectivity index is 0.000000244. The largest absolute Gasteiger partial charge is 0.493 e. The Kier molecular flexibility index (Phi) is 7.89. The maximum absolute atomic E-state index is 14.1. The molecule has 0 aliphatic carbocycles. The summed E-state index contributed by atoms with van der Waals surface area (Å²) in [5.74, 6) is 0.247. The van der Waals surface area contributed by atoms with Gasteiger partial charge >= 0.3 is 6.18 Å². The Bertz CT molecular complexity index is 1730. The number of hydrogen-bond donors (Lipinski definition) is 4. The van der Waals surface area contributed by atoms with Crippen LogP contribution < -0.4 is 10.5 Å². The van der Waals surface area contributed by atoms with Crippen molar-refractivity contribution in [1.29, 1.82) is 0 Å². The van der Waals surface area contributed by atoms with Crippen molar-refractivity contribution in [1.82, 2.24) is 9.97 Å².